The number of alkyl carbamates (subject to hydrolysis) is 1. The Labute approximate surface area is 111 Å². The van der Waals surface area contributed by atoms with Gasteiger partial charge >= 0.3 is 18.0 Å². The van der Waals surface area contributed by atoms with Gasteiger partial charge in [-0.1, -0.05) is 13.3 Å². The zero-order chi connectivity index (χ0) is 14.5. The fourth-order valence-electron chi connectivity index (χ4n) is 1.48. The molecule has 0 heterocycles. The second kappa shape index (κ2) is 6.40. The summed E-state index contributed by atoms with van der Waals surface area (Å²) >= 11 is 0. The number of carbonyl (C=O) groups is 3. The molecule has 1 fully saturated rings. The number of unbranched alkanes of at least 4 members (excludes halogenated alkanes) is 1. The molecule has 1 aliphatic carbocycles. The van der Waals surface area contributed by atoms with E-state index in [1.54, 1.807) is 0 Å². The summed E-state index contributed by atoms with van der Waals surface area (Å²) in [5.74, 6) is -1.53. The first kappa shape index (κ1) is 15.3. The number of carbonyl (C=O) groups excluding carboxylic acids is 2. The molecule has 0 spiro atoms. The second-order valence-electron chi connectivity index (χ2n) is 4.58. The van der Waals surface area contributed by atoms with Crippen LogP contribution in [0.25, 0.3) is 0 Å². The van der Waals surface area contributed by atoms with Crippen molar-refractivity contribution in [3.63, 3.8) is 0 Å². The van der Waals surface area contributed by atoms with Gasteiger partial charge in [0.15, 0.2) is 0 Å². The van der Waals surface area contributed by atoms with Gasteiger partial charge in [0, 0.05) is 13.3 Å². The molecule has 0 aromatic carbocycles. The molecule has 7 nitrogen and oxygen atoms in total. The third-order valence-corrected chi connectivity index (χ3v) is 2.81. The van der Waals surface area contributed by atoms with Gasteiger partial charge in [-0.15, -0.1) is 0 Å². The van der Waals surface area contributed by atoms with Crippen LogP contribution in [0.1, 0.15) is 46.0 Å². The molecule has 0 bridgehead atoms. The molecule has 0 radical (unpaired) electrons. The molecule has 0 saturated heterocycles. The lowest BCUT2D eigenvalue weighted by Gasteiger charge is -2.17. The van der Waals surface area contributed by atoms with E-state index in [2.05, 4.69) is 5.32 Å². The van der Waals surface area contributed by atoms with E-state index in [0.717, 1.165) is 6.42 Å². The van der Waals surface area contributed by atoms with Gasteiger partial charge in [-0.05, 0) is 19.3 Å². The highest BCUT2D eigenvalue weighted by Gasteiger charge is 2.52. The smallest absolute Gasteiger partial charge is 0.411 e. The van der Waals surface area contributed by atoms with Crippen LogP contribution in [0.2, 0.25) is 0 Å². The van der Waals surface area contributed by atoms with E-state index in [-0.39, 0.29) is 6.42 Å². The molecule has 1 unspecified atom stereocenters. The number of carboxylic acids is 1. The summed E-state index contributed by atoms with van der Waals surface area (Å²) in [6.07, 6.45) is 0.672. The quantitative estimate of drug-likeness (QED) is 0.537. The Bertz CT molecular complexity index is 363. The van der Waals surface area contributed by atoms with Crippen LogP contribution in [0.5, 0.6) is 0 Å². The standard InChI is InChI=1S/C12H19NO6/c1-3-4-5-9(14)18-8(2)19-11(17)13-12(6-7-12)10(15)16/h8H,3-7H2,1-2H3,(H,13,17)(H,15,16). The Hall–Kier alpha value is -1.79. The average molecular weight is 273 g/mol. The first-order valence-corrected chi connectivity index (χ1v) is 6.31. The van der Waals surface area contributed by atoms with E-state index in [1.165, 1.54) is 6.92 Å². The molecule has 7 heteroatoms. The molecular weight excluding hydrogens is 254 g/mol. The van der Waals surface area contributed by atoms with Crippen LogP contribution in [0, 0.1) is 0 Å². The van der Waals surface area contributed by atoms with Crippen LogP contribution < -0.4 is 5.32 Å². The van der Waals surface area contributed by atoms with E-state index in [0.29, 0.717) is 19.3 Å². The molecule has 108 valence electrons. The van der Waals surface area contributed by atoms with Crippen molar-refractivity contribution in [2.45, 2.75) is 57.8 Å². The third-order valence-electron chi connectivity index (χ3n) is 2.81. The summed E-state index contributed by atoms with van der Waals surface area (Å²) in [5.41, 5.74) is -1.21. The number of ether oxygens (including phenoxy) is 2. The van der Waals surface area contributed by atoms with E-state index in [9.17, 15) is 14.4 Å². The minimum absolute atomic E-state index is 0.269. The summed E-state index contributed by atoms with van der Waals surface area (Å²) in [4.78, 5) is 33.5. The number of carboxylic acid groups (broad SMARTS) is 1. The van der Waals surface area contributed by atoms with Crippen molar-refractivity contribution < 1.29 is 29.0 Å². The Balaban J connectivity index is 2.28. The van der Waals surface area contributed by atoms with Gasteiger partial charge < -0.3 is 19.9 Å². The normalized spacial score (nSPS) is 17.2. The largest absolute Gasteiger partial charge is 0.480 e. The first-order valence-electron chi connectivity index (χ1n) is 6.31. The van der Waals surface area contributed by atoms with Crippen molar-refractivity contribution in [2.24, 2.45) is 0 Å². The number of hydrogen-bond donors (Lipinski definition) is 2. The predicted molar refractivity (Wildman–Crippen MR) is 64.3 cm³/mol. The maximum absolute atomic E-state index is 11.4. The van der Waals surface area contributed by atoms with E-state index in [1.807, 2.05) is 6.92 Å². The summed E-state index contributed by atoms with van der Waals surface area (Å²) in [6.45, 7) is 3.35. The van der Waals surface area contributed by atoms with Crippen LogP contribution >= 0.6 is 0 Å². The molecule has 1 aliphatic rings. The van der Waals surface area contributed by atoms with Gasteiger partial charge in [0.25, 0.3) is 0 Å². The Morgan fingerprint density at radius 1 is 1.32 bits per heavy atom. The summed E-state index contributed by atoms with van der Waals surface area (Å²) in [5, 5.41) is 11.1. The lowest BCUT2D eigenvalue weighted by Crippen LogP contribution is -2.44. The summed E-state index contributed by atoms with van der Waals surface area (Å²) in [6, 6.07) is 0. The van der Waals surface area contributed by atoms with Crippen LogP contribution in [-0.2, 0) is 19.1 Å². The van der Waals surface area contributed by atoms with Crippen molar-refractivity contribution in [3.05, 3.63) is 0 Å². The van der Waals surface area contributed by atoms with Crippen molar-refractivity contribution >= 4 is 18.0 Å². The van der Waals surface area contributed by atoms with Gasteiger partial charge in [-0.25, -0.2) is 9.59 Å². The third kappa shape index (κ3) is 4.76. The molecule has 1 saturated carbocycles. The highest BCUT2D eigenvalue weighted by atomic mass is 16.7. The maximum atomic E-state index is 11.4. The number of hydrogen-bond acceptors (Lipinski definition) is 5. The fraction of sp³-hybridized carbons (Fsp3) is 0.750. The molecule has 1 amide bonds. The highest BCUT2D eigenvalue weighted by molar-refractivity contribution is 5.87. The van der Waals surface area contributed by atoms with E-state index < -0.39 is 29.9 Å². The van der Waals surface area contributed by atoms with Crippen molar-refractivity contribution in [1.29, 1.82) is 0 Å². The lowest BCUT2D eigenvalue weighted by atomic mass is 10.2. The second-order valence-corrected chi connectivity index (χ2v) is 4.58. The highest BCUT2D eigenvalue weighted by Crippen LogP contribution is 2.35. The summed E-state index contributed by atoms with van der Waals surface area (Å²) < 4.78 is 9.62. The van der Waals surface area contributed by atoms with Gasteiger partial charge in [-0.2, -0.15) is 0 Å². The number of nitrogens with one attached hydrogen (secondary N) is 1. The Kier molecular flexibility index (Phi) is 5.14. The van der Waals surface area contributed by atoms with Gasteiger partial charge in [-0.3, -0.25) is 4.79 Å². The topological polar surface area (TPSA) is 102 Å². The zero-order valence-corrected chi connectivity index (χ0v) is 11.1. The molecule has 1 atom stereocenters. The molecule has 0 aromatic rings. The minimum atomic E-state index is -1.21. The van der Waals surface area contributed by atoms with Crippen molar-refractivity contribution in [1.82, 2.24) is 5.32 Å². The fourth-order valence-corrected chi connectivity index (χ4v) is 1.48. The van der Waals surface area contributed by atoms with E-state index >= 15 is 0 Å². The Morgan fingerprint density at radius 2 is 1.95 bits per heavy atom. The molecule has 2 N–H and O–H groups in total. The zero-order valence-electron chi connectivity index (χ0n) is 11.1. The van der Waals surface area contributed by atoms with Crippen molar-refractivity contribution in [2.75, 3.05) is 0 Å². The monoisotopic (exact) mass is 273 g/mol. The number of rotatable bonds is 7. The maximum Gasteiger partial charge on any atom is 0.411 e. The van der Waals surface area contributed by atoms with Gasteiger partial charge in [0.05, 0.1) is 0 Å². The first-order chi connectivity index (χ1) is 8.89. The van der Waals surface area contributed by atoms with Gasteiger partial charge in [0.2, 0.25) is 6.29 Å². The predicted octanol–water partition coefficient (Wildman–Crippen LogP) is 1.41. The number of aliphatic carboxylic acids is 1. The molecular formula is C12H19NO6. The van der Waals surface area contributed by atoms with Crippen LogP contribution in [-0.4, -0.2) is 35.0 Å². The van der Waals surface area contributed by atoms with Crippen molar-refractivity contribution in [3.8, 4) is 0 Å². The van der Waals surface area contributed by atoms with Crippen LogP contribution in [0.4, 0.5) is 4.79 Å². The SMILES string of the molecule is CCCCC(=O)OC(C)OC(=O)NC1(C(=O)O)CC1. The molecule has 0 aromatic heterocycles. The minimum Gasteiger partial charge on any atom is -0.480 e. The average Bonchev–Trinajstić information content (AvgIpc) is 3.06. The van der Waals surface area contributed by atoms with Crippen LogP contribution in [0.15, 0.2) is 0 Å². The van der Waals surface area contributed by atoms with Crippen LogP contribution in [0.3, 0.4) is 0 Å². The molecule has 0 aliphatic heterocycles. The number of esters is 1. The molecule has 19 heavy (non-hydrogen) atoms. The summed E-state index contributed by atoms with van der Waals surface area (Å²) in [7, 11) is 0. The van der Waals surface area contributed by atoms with Gasteiger partial charge in [0.1, 0.15) is 5.54 Å². The van der Waals surface area contributed by atoms with E-state index in [4.69, 9.17) is 14.6 Å². The Morgan fingerprint density at radius 3 is 2.42 bits per heavy atom. The number of amides is 1. The molecule has 1 rings (SSSR count). The lowest BCUT2D eigenvalue weighted by molar-refractivity contribution is -0.165.